The molecule has 16 heavy (non-hydrogen) atoms. The molecule has 86 valence electrons. The molecule has 1 unspecified atom stereocenters. The van der Waals surface area contributed by atoms with E-state index in [-0.39, 0.29) is 0 Å². The van der Waals surface area contributed by atoms with Gasteiger partial charge in [0.05, 0.1) is 0 Å². The second-order valence-electron chi connectivity index (χ2n) is 4.51. The number of piperidine rings is 1. The molecule has 0 spiro atoms. The summed E-state index contributed by atoms with van der Waals surface area (Å²) >= 11 is 11.4. The van der Waals surface area contributed by atoms with Gasteiger partial charge < -0.3 is 4.90 Å². The molecule has 1 aromatic rings. The molecule has 1 aromatic carbocycles. The minimum Gasteiger partial charge on any atom is -0.362 e. The normalized spacial score (nSPS) is 20.9. The van der Waals surface area contributed by atoms with Crippen LogP contribution in [0.3, 0.4) is 0 Å². The topological polar surface area (TPSA) is 3.24 Å². The Balaban J connectivity index is 2.09. The van der Waals surface area contributed by atoms with Gasteiger partial charge in [-0.2, -0.15) is 0 Å². The summed E-state index contributed by atoms with van der Waals surface area (Å²) in [6, 6.07) is 7.81. The summed E-state index contributed by atoms with van der Waals surface area (Å²) in [5.74, 6) is 0.749. The number of likely N-dealkylation sites (tertiary alicyclic amines) is 1. The number of nitrogens with zero attached hydrogens (tertiary/aromatic N) is 1. The highest BCUT2D eigenvalue weighted by molar-refractivity contribution is 7.80. The molecule has 2 rings (SSSR count). The lowest BCUT2D eigenvalue weighted by Gasteiger charge is -2.33. The first-order valence-electron chi connectivity index (χ1n) is 5.71. The maximum absolute atomic E-state index is 5.87. The predicted molar refractivity (Wildman–Crippen MR) is 73.1 cm³/mol. The monoisotopic (exact) mass is 253 g/mol. The van der Waals surface area contributed by atoms with Crippen LogP contribution in [-0.4, -0.2) is 23.0 Å². The molecule has 1 fully saturated rings. The van der Waals surface area contributed by atoms with Crippen molar-refractivity contribution >= 4 is 28.8 Å². The molecule has 1 aliphatic heterocycles. The zero-order valence-corrected chi connectivity index (χ0v) is 11.0. The third-order valence-electron chi connectivity index (χ3n) is 3.04. The van der Waals surface area contributed by atoms with Crippen LogP contribution in [0.25, 0.3) is 0 Å². The van der Waals surface area contributed by atoms with Crippen molar-refractivity contribution in [3.63, 3.8) is 0 Å². The lowest BCUT2D eigenvalue weighted by molar-refractivity contribution is 0.277. The van der Waals surface area contributed by atoms with E-state index in [1.165, 1.54) is 12.8 Å². The molecule has 0 radical (unpaired) electrons. The van der Waals surface area contributed by atoms with E-state index in [0.717, 1.165) is 34.6 Å². The zero-order chi connectivity index (χ0) is 11.5. The minimum absolute atomic E-state index is 0.749. The van der Waals surface area contributed by atoms with E-state index in [1.807, 2.05) is 24.3 Å². The maximum atomic E-state index is 5.87. The molecule has 1 saturated heterocycles. The lowest BCUT2D eigenvalue weighted by atomic mass is 10.00. The number of benzene rings is 1. The summed E-state index contributed by atoms with van der Waals surface area (Å²) < 4.78 is 0. The molecule has 0 aromatic heterocycles. The first-order valence-corrected chi connectivity index (χ1v) is 6.50. The average molecular weight is 254 g/mol. The van der Waals surface area contributed by atoms with Crippen molar-refractivity contribution in [2.75, 3.05) is 13.1 Å². The van der Waals surface area contributed by atoms with Crippen molar-refractivity contribution in [3.05, 3.63) is 34.9 Å². The van der Waals surface area contributed by atoms with Crippen molar-refractivity contribution in [1.82, 2.24) is 4.90 Å². The van der Waals surface area contributed by atoms with Crippen molar-refractivity contribution < 1.29 is 0 Å². The minimum atomic E-state index is 0.749. The van der Waals surface area contributed by atoms with Gasteiger partial charge >= 0.3 is 0 Å². The number of hydrogen-bond donors (Lipinski definition) is 0. The molecule has 1 nitrogen and oxygen atoms in total. The fourth-order valence-electron chi connectivity index (χ4n) is 2.15. The quantitative estimate of drug-likeness (QED) is 0.702. The molecule has 0 saturated carbocycles. The summed E-state index contributed by atoms with van der Waals surface area (Å²) in [7, 11) is 0. The molecular formula is C13H16ClNS. The Morgan fingerprint density at radius 2 is 2.06 bits per heavy atom. The highest BCUT2D eigenvalue weighted by Gasteiger charge is 2.19. The van der Waals surface area contributed by atoms with Crippen LogP contribution in [0.5, 0.6) is 0 Å². The van der Waals surface area contributed by atoms with Crippen LogP contribution in [0.2, 0.25) is 5.02 Å². The molecule has 1 heterocycles. The Kier molecular flexibility index (Phi) is 3.82. The molecule has 0 N–H and O–H groups in total. The van der Waals surface area contributed by atoms with Crippen molar-refractivity contribution in [1.29, 1.82) is 0 Å². The molecule has 3 heteroatoms. The van der Waals surface area contributed by atoms with Gasteiger partial charge in [-0.1, -0.05) is 42.9 Å². The van der Waals surface area contributed by atoms with Gasteiger partial charge in [0.25, 0.3) is 0 Å². The largest absolute Gasteiger partial charge is 0.362 e. The summed E-state index contributed by atoms with van der Waals surface area (Å²) in [6.07, 6.45) is 2.56. The molecule has 1 aliphatic rings. The molecule has 0 amide bonds. The van der Waals surface area contributed by atoms with Crippen molar-refractivity contribution in [2.45, 2.75) is 19.8 Å². The van der Waals surface area contributed by atoms with Gasteiger partial charge in [-0.05, 0) is 30.9 Å². The van der Waals surface area contributed by atoms with Crippen molar-refractivity contribution in [3.8, 4) is 0 Å². The van der Waals surface area contributed by atoms with E-state index in [4.69, 9.17) is 23.8 Å². The van der Waals surface area contributed by atoms with E-state index >= 15 is 0 Å². The number of halogens is 1. The SMILES string of the molecule is CC1CCCN(C(=S)c2ccc(Cl)cc2)C1. The van der Waals surface area contributed by atoms with Gasteiger partial charge in [0, 0.05) is 23.7 Å². The maximum Gasteiger partial charge on any atom is 0.109 e. The third kappa shape index (κ3) is 2.74. The Morgan fingerprint density at radius 3 is 2.69 bits per heavy atom. The van der Waals surface area contributed by atoms with Crippen molar-refractivity contribution in [2.24, 2.45) is 5.92 Å². The highest BCUT2D eigenvalue weighted by atomic mass is 35.5. The van der Waals surface area contributed by atoms with E-state index in [0.29, 0.717) is 0 Å². The molecule has 0 bridgehead atoms. The second kappa shape index (κ2) is 5.15. The van der Waals surface area contributed by atoms with Gasteiger partial charge in [-0.3, -0.25) is 0 Å². The summed E-state index contributed by atoms with van der Waals surface area (Å²) in [4.78, 5) is 3.27. The predicted octanol–water partition coefficient (Wildman–Crippen LogP) is 3.75. The average Bonchev–Trinajstić information content (AvgIpc) is 2.29. The van der Waals surface area contributed by atoms with E-state index in [9.17, 15) is 0 Å². The van der Waals surface area contributed by atoms with Crippen LogP contribution in [-0.2, 0) is 0 Å². The number of rotatable bonds is 1. The van der Waals surface area contributed by atoms with Crippen LogP contribution >= 0.6 is 23.8 Å². The summed E-state index contributed by atoms with van der Waals surface area (Å²) in [5.41, 5.74) is 1.11. The van der Waals surface area contributed by atoms with Gasteiger partial charge in [-0.15, -0.1) is 0 Å². The number of thiocarbonyl (C=S) groups is 1. The second-order valence-corrected chi connectivity index (χ2v) is 5.33. The highest BCUT2D eigenvalue weighted by Crippen LogP contribution is 2.19. The van der Waals surface area contributed by atoms with E-state index in [1.54, 1.807) is 0 Å². The Bertz CT molecular complexity index is 374. The molecular weight excluding hydrogens is 238 g/mol. The van der Waals surface area contributed by atoms with Gasteiger partial charge in [0.2, 0.25) is 0 Å². The Hall–Kier alpha value is -0.600. The van der Waals surface area contributed by atoms with Crippen LogP contribution in [0.15, 0.2) is 24.3 Å². The van der Waals surface area contributed by atoms with Gasteiger partial charge in [0.1, 0.15) is 4.99 Å². The van der Waals surface area contributed by atoms with Gasteiger partial charge in [0.15, 0.2) is 0 Å². The number of hydrogen-bond acceptors (Lipinski definition) is 1. The summed E-state index contributed by atoms with van der Waals surface area (Å²) in [6.45, 7) is 4.46. The Morgan fingerprint density at radius 1 is 1.38 bits per heavy atom. The van der Waals surface area contributed by atoms with E-state index < -0.39 is 0 Å². The third-order valence-corrected chi connectivity index (χ3v) is 3.78. The smallest absolute Gasteiger partial charge is 0.109 e. The van der Waals surface area contributed by atoms with Crippen LogP contribution in [0.4, 0.5) is 0 Å². The first kappa shape index (κ1) is 11.9. The summed E-state index contributed by atoms with van der Waals surface area (Å²) in [5, 5.41) is 0.763. The Labute approximate surface area is 107 Å². The molecule has 0 aliphatic carbocycles. The van der Waals surface area contributed by atoms with Crippen LogP contribution in [0.1, 0.15) is 25.3 Å². The zero-order valence-electron chi connectivity index (χ0n) is 9.45. The van der Waals surface area contributed by atoms with Crippen LogP contribution < -0.4 is 0 Å². The van der Waals surface area contributed by atoms with E-state index in [2.05, 4.69) is 11.8 Å². The fourth-order valence-corrected chi connectivity index (χ4v) is 2.58. The standard InChI is InChI=1S/C13H16ClNS/c1-10-3-2-8-15(9-10)13(16)11-4-6-12(14)7-5-11/h4-7,10H,2-3,8-9H2,1H3. The van der Waals surface area contributed by atoms with Gasteiger partial charge in [-0.25, -0.2) is 0 Å². The molecule has 1 atom stereocenters. The fraction of sp³-hybridized carbons (Fsp3) is 0.462. The lowest BCUT2D eigenvalue weighted by Crippen LogP contribution is -2.38. The first-order chi connectivity index (χ1) is 7.66. The van der Waals surface area contributed by atoms with Crippen LogP contribution in [0, 0.1) is 5.92 Å².